The summed E-state index contributed by atoms with van der Waals surface area (Å²) in [6, 6.07) is 0. The topological polar surface area (TPSA) is 70.5 Å². The Kier molecular flexibility index (Phi) is 47.9. The Bertz CT molecular complexity index is 2750. The molecule has 0 spiro atoms. The molecular weight excluding hydrogens is 1000 g/mol. The predicted molar refractivity (Wildman–Crippen MR) is 347 cm³/mol. The predicted octanol–water partition coefficient (Wildman–Crippen LogP) is 9.14. The molecule has 0 fully saturated rings. The monoisotopic (exact) mass is 1140 g/mol. The molecule has 0 aromatic carbocycles. The molecule has 0 saturated carbocycles. The van der Waals surface area contributed by atoms with E-state index in [4.69, 9.17) is 0 Å². The molecule has 16 nitrogen and oxygen atoms in total. The number of hydrogen-bond acceptors (Lipinski definition) is 0. The van der Waals surface area contributed by atoms with Crippen molar-refractivity contribution >= 4 is 0 Å². The van der Waals surface area contributed by atoms with E-state index in [-0.39, 0.29) is 59.4 Å². The van der Waals surface area contributed by atoms with Gasteiger partial charge in [0.2, 0.25) is 6.33 Å². The maximum absolute atomic E-state index is 2.22. The van der Waals surface area contributed by atoms with Crippen LogP contribution in [0.3, 0.4) is 0 Å². The Morgan fingerprint density at radius 1 is 0.358 bits per heavy atom. The van der Waals surface area contributed by atoms with Crippen molar-refractivity contribution in [1.29, 1.82) is 0 Å². The highest BCUT2D eigenvalue weighted by atomic mass is 15.2. The molecule has 16 heteroatoms. The van der Waals surface area contributed by atoms with E-state index in [0.29, 0.717) is 0 Å². The van der Waals surface area contributed by atoms with Crippen LogP contribution in [0.1, 0.15) is 162 Å². The lowest BCUT2D eigenvalue weighted by Crippen LogP contribution is -2.32. The highest BCUT2D eigenvalue weighted by molar-refractivity contribution is 5.05. The van der Waals surface area contributed by atoms with E-state index in [1.807, 2.05) is 51.5 Å². The lowest BCUT2D eigenvalue weighted by atomic mass is 10.4. The summed E-state index contributed by atoms with van der Waals surface area (Å²) >= 11 is 0. The zero-order valence-electron chi connectivity index (χ0n) is 51.8. The summed E-state index contributed by atoms with van der Waals surface area (Å²) < 4.78 is 34.4. The number of rotatable bonds is 4. The van der Waals surface area contributed by atoms with Crippen molar-refractivity contribution < 1.29 is 36.5 Å². The zero-order chi connectivity index (χ0) is 56.3. The van der Waals surface area contributed by atoms with Crippen molar-refractivity contribution in [2.24, 2.45) is 106 Å². The van der Waals surface area contributed by atoms with Crippen molar-refractivity contribution in [3.63, 3.8) is 0 Å². The molecule has 81 heavy (non-hydrogen) atoms. The van der Waals surface area contributed by atoms with Crippen molar-refractivity contribution in [1.82, 2.24) is 36.5 Å². The van der Waals surface area contributed by atoms with Gasteiger partial charge in [-0.25, -0.2) is 73.1 Å². The summed E-state index contributed by atoms with van der Waals surface area (Å²) in [4.78, 5) is 0. The van der Waals surface area contributed by atoms with Crippen LogP contribution in [0.4, 0.5) is 0 Å². The molecule has 0 saturated heterocycles. The molecule has 0 unspecified atom stereocenters. The summed E-state index contributed by atoms with van der Waals surface area (Å²) in [5, 5.41) is 0. The van der Waals surface area contributed by atoms with Crippen LogP contribution in [0, 0.1) is 69.2 Å². The highest BCUT2D eigenvalue weighted by Gasteiger charge is 2.16. The van der Waals surface area contributed by atoms with Crippen LogP contribution >= 0.6 is 0 Å². The van der Waals surface area contributed by atoms with Crippen molar-refractivity contribution in [2.45, 2.75) is 182 Å². The van der Waals surface area contributed by atoms with E-state index in [0.717, 1.165) is 25.8 Å². The van der Waals surface area contributed by atoms with Gasteiger partial charge < -0.3 is 0 Å². The quantitative estimate of drug-likeness (QED) is 0.158. The molecule has 0 aliphatic rings. The van der Waals surface area contributed by atoms with E-state index in [9.17, 15) is 0 Å². The number of aryl methyl sites for hydroxylation is 15. The largest absolute Gasteiger partial charge is 0.255 e. The summed E-state index contributed by atoms with van der Waals surface area (Å²) in [6.07, 6.45) is 26.2. The molecule has 0 amide bonds. The number of nitrogens with zero attached hydrogens (tertiary/aromatic N) is 16. The van der Waals surface area contributed by atoms with Crippen molar-refractivity contribution in [3.05, 3.63) is 143 Å². The lowest BCUT2D eigenvalue weighted by Gasteiger charge is -1.91. The zero-order valence-corrected chi connectivity index (χ0v) is 51.8. The Balaban J connectivity index is -0.000000124. The first-order chi connectivity index (χ1) is 33.9. The number of hydrogen-bond donors (Lipinski definition) is 0. The highest BCUT2D eigenvalue weighted by Crippen LogP contribution is 2.03. The summed E-state index contributed by atoms with van der Waals surface area (Å²) in [7, 11) is 31.0. The second-order valence-electron chi connectivity index (χ2n) is 19.5. The Morgan fingerprint density at radius 3 is 0.938 bits per heavy atom. The molecule has 0 radical (unpaired) electrons. The number of imidazole rings is 8. The first-order valence-electron chi connectivity index (χ1n) is 25.9. The van der Waals surface area contributed by atoms with Gasteiger partial charge in [-0.3, -0.25) is 0 Å². The molecule has 0 aliphatic carbocycles. The number of aromatic nitrogens is 16. The standard InChI is InChI=1S/3C8H15N2.3C7H13N2.2C6H11N2.8CH4/c1-6-7(2)10(5)8(3)9(6)4;1-5-8-6-9(3)7(2)10(8)4;1-5-8-9(3)6-7(2)10(8)4;1-6-5-8(3)7(2)9(6)4;1-4-7-8(2)5-6-9(7)3;1-4-9-6-5-8(3)7(9)2;1-6-4-7(2)5-8(6)3;1-6-7(2)4-5-8(6)3;;;;;;;;/h1-5H3;2*6H,5H2,1-4H3;5H,1-4H3;2*5-6H,4H2,1-3H3;2*4-5H,1-3H3;8*1H4/q8*+1;;;;;;;;. The SMILES string of the molecule is C.C.C.C.C.C.C.C.CCc1c[n+](C)c(C)n1C.CCc1n(C)c(C)c[n+]1C.CCc1n(C)cc[n+]1C.CCn1cc[n+](C)c1C.Cc1c(C)[n+](C)c(C)n1C.Cc1c[n+](C)c(C)n1C.Cc1c[n+](C)cn1C.Cc1n(C)cc[n+]1C. The summed E-state index contributed by atoms with van der Waals surface area (Å²) in [5.41, 5.74) is 7.99. The Morgan fingerprint density at radius 2 is 0.790 bits per heavy atom. The fourth-order valence-electron chi connectivity index (χ4n) is 8.19. The first-order valence-corrected chi connectivity index (χ1v) is 25.9. The molecule has 0 N–H and O–H groups in total. The Labute approximate surface area is 502 Å². The van der Waals surface area contributed by atoms with E-state index in [1.54, 1.807) is 0 Å². The van der Waals surface area contributed by atoms with Gasteiger partial charge in [0.1, 0.15) is 96.1 Å². The van der Waals surface area contributed by atoms with Gasteiger partial charge in [0.15, 0.2) is 0 Å². The molecule has 0 aliphatic heterocycles. The van der Waals surface area contributed by atoms with Gasteiger partial charge in [-0.2, -0.15) is 0 Å². The van der Waals surface area contributed by atoms with Crippen LogP contribution in [0.15, 0.2) is 68.3 Å². The average molecular weight is 1140 g/mol. The van der Waals surface area contributed by atoms with Crippen LogP contribution in [0.5, 0.6) is 0 Å². The van der Waals surface area contributed by atoms with Crippen molar-refractivity contribution in [2.75, 3.05) is 0 Å². The fraction of sp³-hybridized carbons (Fsp3) is 0.631. The Hall–Kier alpha value is -6.32. The molecule has 470 valence electrons. The first kappa shape index (κ1) is 91.2. The third-order valence-electron chi connectivity index (χ3n) is 14.8. The van der Waals surface area contributed by atoms with E-state index >= 15 is 0 Å². The normalized spacial score (nSPS) is 9.20. The van der Waals surface area contributed by atoms with Crippen LogP contribution in [-0.4, -0.2) is 36.5 Å². The summed E-state index contributed by atoms with van der Waals surface area (Å²) in [6.45, 7) is 30.9. The maximum Gasteiger partial charge on any atom is 0.255 e. The summed E-state index contributed by atoms with van der Waals surface area (Å²) in [5.74, 6) is 9.19. The third-order valence-corrected chi connectivity index (χ3v) is 14.8. The second kappa shape index (κ2) is 42.5. The average Bonchev–Trinajstić information content (AvgIpc) is 4.21. The molecule has 0 bridgehead atoms. The van der Waals surface area contributed by atoms with Gasteiger partial charge in [0, 0.05) is 88.5 Å². The third kappa shape index (κ3) is 26.0. The minimum absolute atomic E-state index is 0. The minimum Gasteiger partial charge on any atom is -0.239 e. The molecule has 8 aromatic rings. The molecule has 8 heterocycles. The van der Waals surface area contributed by atoms with Crippen LogP contribution in [0.2, 0.25) is 0 Å². The van der Waals surface area contributed by atoms with Gasteiger partial charge in [-0.1, -0.05) is 80.2 Å². The van der Waals surface area contributed by atoms with Gasteiger partial charge in [-0.05, 0) is 6.92 Å². The van der Waals surface area contributed by atoms with Crippen LogP contribution < -0.4 is 36.5 Å². The molecular formula is C65H138N16+8. The second-order valence-corrected chi connectivity index (χ2v) is 19.5. The minimum atomic E-state index is 0. The van der Waals surface area contributed by atoms with E-state index < -0.39 is 0 Å². The fourth-order valence-corrected chi connectivity index (χ4v) is 8.19. The molecule has 0 atom stereocenters. The van der Waals surface area contributed by atoms with Gasteiger partial charge in [-0.15, -0.1) is 0 Å². The smallest absolute Gasteiger partial charge is 0.239 e. The van der Waals surface area contributed by atoms with Crippen LogP contribution in [-0.2, 0) is 132 Å². The van der Waals surface area contributed by atoms with Crippen LogP contribution in [0.25, 0.3) is 0 Å². The van der Waals surface area contributed by atoms with Gasteiger partial charge in [0.25, 0.3) is 40.8 Å². The molecule has 8 rings (SSSR count). The van der Waals surface area contributed by atoms with Crippen molar-refractivity contribution in [3.8, 4) is 0 Å². The van der Waals surface area contributed by atoms with Gasteiger partial charge >= 0.3 is 0 Å². The lowest BCUT2D eigenvalue weighted by molar-refractivity contribution is -0.683. The molecule has 8 aromatic heterocycles. The van der Waals surface area contributed by atoms with E-state index in [2.05, 4.69) is 293 Å². The van der Waals surface area contributed by atoms with Gasteiger partial charge in [0.05, 0.1) is 112 Å². The van der Waals surface area contributed by atoms with E-state index in [1.165, 1.54) is 74.9 Å². The maximum atomic E-state index is 2.22.